The summed E-state index contributed by atoms with van der Waals surface area (Å²) in [4.78, 5) is 11.0. The molecule has 0 aromatic rings. The molecule has 0 aromatic carbocycles. The predicted molar refractivity (Wildman–Crippen MR) is 44.0 cm³/mol. The lowest BCUT2D eigenvalue weighted by Crippen LogP contribution is -2.34. The van der Waals surface area contributed by atoms with Crippen molar-refractivity contribution in [3.8, 4) is 0 Å². The highest BCUT2D eigenvalue weighted by molar-refractivity contribution is 5.71. The van der Waals surface area contributed by atoms with E-state index in [1.165, 1.54) is 0 Å². The van der Waals surface area contributed by atoms with Gasteiger partial charge in [-0.25, -0.2) is 0 Å². The van der Waals surface area contributed by atoms with Gasteiger partial charge < -0.3 is 10.5 Å². The van der Waals surface area contributed by atoms with Gasteiger partial charge in [0.2, 0.25) is 0 Å². The quantitative estimate of drug-likeness (QED) is 0.623. The minimum atomic E-state index is -0.190. The Hall–Kier alpha value is -0.570. The summed E-state index contributed by atoms with van der Waals surface area (Å²) in [6, 6.07) is -0.0994. The molecular weight excluding hydrogens is 142 g/mol. The number of esters is 1. The van der Waals surface area contributed by atoms with E-state index in [0.29, 0.717) is 0 Å². The highest BCUT2D eigenvalue weighted by atomic mass is 16.5. The van der Waals surface area contributed by atoms with E-state index in [0.717, 1.165) is 0 Å². The van der Waals surface area contributed by atoms with Crippen LogP contribution in [0.3, 0.4) is 0 Å². The third-order valence-corrected chi connectivity index (χ3v) is 1.51. The van der Waals surface area contributed by atoms with Gasteiger partial charge in [0, 0.05) is 6.04 Å². The van der Waals surface area contributed by atoms with Crippen molar-refractivity contribution in [3.05, 3.63) is 0 Å². The maximum absolute atomic E-state index is 11.0. The monoisotopic (exact) mass is 159 g/mol. The highest BCUT2D eigenvalue weighted by Gasteiger charge is 2.15. The van der Waals surface area contributed by atoms with Crippen LogP contribution in [0.15, 0.2) is 0 Å². The van der Waals surface area contributed by atoms with E-state index in [1.807, 2.05) is 6.92 Å². The van der Waals surface area contributed by atoms with Crippen molar-refractivity contribution in [2.75, 3.05) is 0 Å². The van der Waals surface area contributed by atoms with Gasteiger partial charge in [-0.3, -0.25) is 4.79 Å². The molecule has 0 aliphatic heterocycles. The number of hydrogen-bond donors (Lipinski definition) is 1. The van der Waals surface area contributed by atoms with Crippen LogP contribution >= 0.6 is 0 Å². The summed E-state index contributed by atoms with van der Waals surface area (Å²) in [5.74, 6) is -0.258. The Balaban J connectivity index is 3.76. The van der Waals surface area contributed by atoms with E-state index in [9.17, 15) is 4.79 Å². The zero-order valence-electron chi connectivity index (χ0n) is 7.63. The third-order valence-electron chi connectivity index (χ3n) is 1.51. The zero-order chi connectivity index (χ0) is 9.02. The largest absolute Gasteiger partial charge is 0.461 e. The number of rotatable bonds is 3. The van der Waals surface area contributed by atoms with Crippen LogP contribution in [0.25, 0.3) is 0 Å². The lowest BCUT2D eigenvalue weighted by atomic mass is 10.2. The van der Waals surface area contributed by atoms with E-state index in [4.69, 9.17) is 10.5 Å². The molecule has 11 heavy (non-hydrogen) atoms. The lowest BCUT2D eigenvalue weighted by molar-refractivity contribution is -0.152. The van der Waals surface area contributed by atoms with Crippen molar-refractivity contribution in [2.45, 2.75) is 39.8 Å². The molecule has 2 unspecified atom stereocenters. The van der Waals surface area contributed by atoms with Crippen molar-refractivity contribution in [1.82, 2.24) is 0 Å². The standard InChI is InChI=1S/C8H17NO2/c1-5(2)8(10)11-7(4)6(3)9/h5-7H,9H2,1-4H3. The molecular formula is C8H17NO2. The van der Waals surface area contributed by atoms with E-state index in [2.05, 4.69) is 0 Å². The lowest BCUT2D eigenvalue weighted by Gasteiger charge is -2.17. The Labute approximate surface area is 67.9 Å². The molecule has 0 fully saturated rings. The molecule has 0 spiro atoms. The van der Waals surface area contributed by atoms with E-state index >= 15 is 0 Å². The second kappa shape index (κ2) is 4.34. The molecule has 0 saturated heterocycles. The number of nitrogens with two attached hydrogens (primary N) is 1. The Morgan fingerprint density at radius 2 is 1.73 bits per heavy atom. The summed E-state index contributed by atoms with van der Waals surface area (Å²) in [6.45, 7) is 7.22. The second-order valence-electron chi connectivity index (χ2n) is 3.16. The molecule has 2 atom stereocenters. The average molecular weight is 159 g/mol. The van der Waals surface area contributed by atoms with Gasteiger partial charge in [0.25, 0.3) is 0 Å². The fraction of sp³-hybridized carbons (Fsp3) is 0.875. The van der Waals surface area contributed by atoms with Gasteiger partial charge in [-0.1, -0.05) is 13.8 Å². The molecule has 0 saturated carbocycles. The summed E-state index contributed by atoms with van der Waals surface area (Å²) >= 11 is 0. The van der Waals surface area contributed by atoms with Crippen LogP contribution in [0, 0.1) is 5.92 Å². The maximum Gasteiger partial charge on any atom is 0.308 e. The molecule has 66 valence electrons. The molecule has 0 rings (SSSR count). The van der Waals surface area contributed by atoms with Gasteiger partial charge in [0.05, 0.1) is 5.92 Å². The van der Waals surface area contributed by atoms with Crippen LogP contribution in [0.1, 0.15) is 27.7 Å². The van der Waals surface area contributed by atoms with Gasteiger partial charge in [-0.2, -0.15) is 0 Å². The van der Waals surface area contributed by atoms with Crippen LogP contribution in [0.4, 0.5) is 0 Å². The van der Waals surface area contributed by atoms with Crippen LogP contribution in [0.5, 0.6) is 0 Å². The number of hydrogen-bond acceptors (Lipinski definition) is 3. The molecule has 3 nitrogen and oxygen atoms in total. The maximum atomic E-state index is 11.0. The molecule has 2 N–H and O–H groups in total. The molecule has 0 amide bonds. The minimum absolute atomic E-state index is 0.0730. The summed E-state index contributed by atoms with van der Waals surface area (Å²) in [7, 11) is 0. The summed E-state index contributed by atoms with van der Waals surface area (Å²) < 4.78 is 5.01. The first-order valence-electron chi connectivity index (χ1n) is 3.91. The third kappa shape index (κ3) is 3.98. The van der Waals surface area contributed by atoms with E-state index < -0.39 is 0 Å². The second-order valence-corrected chi connectivity index (χ2v) is 3.16. The fourth-order valence-electron chi connectivity index (χ4n) is 0.427. The van der Waals surface area contributed by atoms with Crippen molar-refractivity contribution < 1.29 is 9.53 Å². The first kappa shape index (κ1) is 10.4. The van der Waals surface area contributed by atoms with Crippen LogP contribution in [0.2, 0.25) is 0 Å². The number of carbonyl (C=O) groups excluding carboxylic acids is 1. The van der Waals surface area contributed by atoms with E-state index in [1.54, 1.807) is 20.8 Å². The molecule has 0 aliphatic carbocycles. The molecule has 0 radical (unpaired) electrons. The molecule has 0 aromatic heterocycles. The van der Waals surface area contributed by atoms with Crippen molar-refractivity contribution >= 4 is 5.97 Å². The van der Waals surface area contributed by atoms with Crippen molar-refractivity contribution in [2.24, 2.45) is 11.7 Å². The van der Waals surface area contributed by atoms with Gasteiger partial charge in [-0.05, 0) is 13.8 Å². The Kier molecular flexibility index (Phi) is 4.11. The van der Waals surface area contributed by atoms with Gasteiger partial charge in [-0.15, -0.1) is 0 Å². The smallest absolute Gasteiger partial charge is 0.308 e. The predicted octanol–water partition coefficient (Wildman–Crippen LogP) is 0.921. The van der Waals surface area contributed by atoms with E-state index in [-0.39, 0.29) is 24.0 Å². The minimum Gasteiger partial charge on any atom is -0.461 e. The normalized spacial score (nSPS) is 16.2. The molecule has 3 heteroatoms. The van der Waals surface area contributed by atoms with Crippen molar-refractivity contribution in [1.29, 1.82) is 0 Å². The summed E-state index contributed by atoms with van der Waals surface area (Å²) in [6.07, 6.45) is -0.190. The Bertz CT molecular complexity index is 132. The summed E-state index contributed by atoms with van der Waals surface area (Å²) in [5.41, 5.74) is 5.51. The SMILES string of the molecule is CC(C)C(=O)OC(C)C(C)N. The van der Waals surface area contributed by atoms with Gasteiger partial charge in [0.15, 0.2) is 0 Å². The van der Waals surface area contributed by atoms with Gasteiger partial charge in [0.1, 0.15) is 6.10 Å². The topological polar surface area (TPSA) is 52.3 Å². The van der Waals surface area contributed by atoms with Crippen LogP contribution < -0.4 is 5.73 Å². The highest BCUT2D eigenvalue weighted by Crippen LogP contribution is 2.02. The van der Waals surface area contributed by atoms with Crippen LogP contribution in [-0.2, 0) is 9.53 Å². The average Bonchev–Trinajstić information content (AvgIpc) is 1.87. The Morgan fingerprint density at radius 1 is 1.27 bits per heavy atom. The van der Waals surface area contributed by atoms with Gasteiger partial charge >= 0.3 is 5.97 Å². The summed E-state index contributed by atoms with van der Waals surface area (Å²) in [5, 5.41) is 0. The number of ether oxygens (including phenoxy) is 1. The zero-order valence-corrected chi connectivity index (χ0v) is 7.63. The molecule has 0 heterocycles. The fourth-order valence-corrected chi connectivity index (χ4v) is 0.427. The first-order chi connectivity index (χ1) is 4.95. The number of carbonyl (C=O) groups is 1. The first-order valence-corrected chi connectivity index (χ1v) is 3.91. The molecule has 0 aliphatic rings. The Morgan fingerprint density at radius 3 is 2.00 bits per heavy atom. The molecule has 0 bridgehead atoms. The van der Waals surface area contributed by atoms with Crippen LogP contribution in [-0.4, -0.2) is 18.1 Å². The van der Waals surface area contributed by atoms with Crippen molar-refractivity contribution in [3.63, 3.8) is 0 Å².